The van der Waals surface area contributed by atoms with Gasteiger partial charge in [-0.25, -0.2) is 4.98 Å². The molecule has 1 atom stereocenters. The predicted molar refractivity (Wildman–Crippen MR) is 77.7 cm³/mol. The fourth-order valence-corrected chi connectivity index (χ4v) is 2.85. The van der Waals surface area contributed by atoms with Gasteiger partial charge in [-0.3, -0.25) is 9.69 Å². The highest BCUT2D eigenvalue weighted by molar-refractivity contribution is 5.80. The molecular formula is C14H19N5O. The number of amides is 1. The molecule has 0 bridgehead atoms. The standard InChI is InChI=1S/C14H19N5O/c15-9-4-5-10-11(7-9)18-13(17-10)8-19-6-2-1-3-12(19)14(16)20/h4-5,7,12H,1-3,6,8,15H2,(H2,16,20)(H,17,18). The Morgan fingerprint density at radius 3 is 3.10 bits per heavy atom. The van der Waals surface area contributed by atoms with E-state index in [2.05, 4.69) is 14.9 Å². The number of benzene rings is 1. The fraction of sp³-hybridized carbons (Fsp3) is 0.429. The minimum atomic E-state index is -0.245. The van der Waals surface area contributed by atoms with Crippen molar-refractivity contribution in [3.8, 4) is 0 Å². The van der Waals surface area contributed by atoms with Crippen LogP contribution in [0.15, 0.2) is 18.2 Å². The lowest BCUT2D eigenvalue weighted by Crippen LogP contribution is -2.47. The lowest BCUT2D eigenvalue weighted by molar-refractivity contribution is -0.124. The van der Waals surface area contributed by atoms with Crippen LogP contribution in [-0.4, -0.2) is 33.4 Å². The van der Waals surface area contributed by atoms with Crippen LogP contribution in [0, 0.1) is 0 Å². The smallest absolute Gasteiger partial charge is 0.234 e. The number of aromatic amines is 1. The van der Waals surface area contributed by atoms with Gasteiger partial charge in [0.25, 0.3) is 0 Å². The van der Waals surface area contributed by atoms with Gasteiger partial charge in [0.2, 0.25) is 5.91 Å². The molecule has 1 saturated heterocycles. The van der Waals surface area contributed by atoms with Crippen LogP contribution in [0.3, 0.4) is 0 Å². The van der Waals surface area contributed by atoms with Gasteiger partial charge in [-0.05, 0) is 37.6 Å². The van der Waals surface area contributed by atoms with Crippen LogP contribution in [-0.2, 0) is 11.3 Å². The number of imidazole rings is 1. The van der Waals surface area contributed by atoms with Crippen LogP contribution < -0.4 is 11.5 Å². The van der Waals surface area contributed by atoms with Crippen molar-refractivity contribution in [2.75, 3.05) is 12.3 Å². The first-order chi connectivity index (χ1) is 9.63. The van der Waals surface area contributed by atoms with Gasteiger partial charge in [0.05, 0.1) is 23.6 Å². The molecule has 20 heavy (non-hydrogen) atoms. The monoisotopic (exact) mass is 273 g/mol. The molecular weight excluding hydrogens is 254 g/mol. The summed E-state index contributed by atoms with van der Waals surface area (Å²) in [7, 11) is 0. The second kappa shape index (κ2) is 5.13. The number of nitrogens with two attached hydrogens (primary N) is 2. The summed E-state index contributed by atoms with van der Waals surface area (Å²) >= 11 is 0. The van der Waals surface area contributed by atoms with Crippen molar-refractivity contribution in [3.63, 3.8) is 0 Å². The first kappa shape index (κ1) is 12.9. The molecule has 1 aliphatic rings. The molecule has 1 fully saturated rings. The summed E-state index contributed by atoms with van der Waals surface area (Å²) in [6, 6.07) is 5.42. The van der Waals surface area contributed by atoms with Crippen LogP contribution >= 0.6 is 0 Å². The molecule has 1 amide bonds. The van der Waals surface area contributed by atoms with E-state index in [-0.39, 0.29) is 11.9 Å². The van der Waals surface area contributed by atoms with Crippen molar-refractivity contribution < 1.29 is 4.79 Å². The molecule has 106 valence electrons. The predicted octanol–water partition coefficient (Wildman–Crippen LogP) is 0.985. The number of nitrogens with zero attached hydrogens (tertiary/aromatic N) is 2. The topological polar surface area (TPSA) is 101 Å². The summed E-state index contributed by atoms with van der Waals surface area (Å²) in [5, 5.41) is 0. The molecule has 0 radical (unpaired) electrons. The van der Waals surface area contributed by atoms with E-state index in [1.165, 1.54) is 0 Å². The summed E-state index contributed by atoms with van der Waals surface area (Å²) in [4.78, 5) is 21.4. The highest BCUT2D eigenvalue weighted by atomic mass is 16.1. The molecule has 5 N–H and O–H groups in total. The maximum atomic E-state index is 11.5. The molecule has 1 aromatic heterocycles. The Kier molecular flexibility index (Phi) is 3.31. The van der Waals surface area contributed by atoms with Crippen LogP contribution in [0.25, 0.3) is 11.0 Å². The van der Waals surface area contributed by atoms with Crippen LogP contribution in [0.5, 0.6) is 0 Å². The van der Waals surface area contributed by atoms with E-state index < -0.39 is 0 Å². The third-order valence-corrected chi connectivity index (χ3v) is 3.85. The van der Waals surface area contributed by atoms with Crippen molar-refractivity contribution in [2.24, 2.45) is 5.73 Å². The van der Waals surface area contributed by atoms with Crippen LogP contribution in [0.1, 0.15) is 25.1 Å². The number of piperidine rings is 1. The van der Waals surface area contributed by atoms with Gasteiger partial charge in [-0.2, -0.15) is 0 Å². The second-order valence-corrected chi connectivity index (χ2v) is 5.34. The van der Waals surface area contributed by atoms with Crippen molar-refractivity contribution in [1.29, 1.82) is 0 Å². The van der Waals surface area contributed by atoms with E-state index >= 15 is 0 Å². The van der Waals surface area contributed by atoms with Crippen molar-refractivity contribution in [3.05, 3.63) is 24.0 Å². The minimum Gasteiger partial charge on any atom is -0.399 e. The van der Waals surface area contributed by atoms with E-state index in [9.17, 15) is 4.79 Å². The second-order valence-electron chi connectivity index (χ2n) is 5.34. The summed E-state index contributed by atoms with van der Waals surface area (Å²) in [6.07, 6.45) is 2.99. The SMILES string of the molecule is NC(=O)C1CCCCN1Cc1nc2ccc(N)cc2[nH]1. The van der Waals surface area contributed by atoms with Crippen LogP contribution in [0.2, 0.25) is 0 Å². The molecule has 6 heteroatoms. The number of fused-ring (bicyclic) bond motifs is 1. The third kappa shape index (κ3) is 2.46. The van der Waals surface area contributed by atoms with Crippen LogP contribution in [0.4, 0.5) is 5.69 Å². The van der Waals surface area contributed by atoms with E-state index in [1.807, 2.05) is 18.2 Å². The number of anilines is 1. The van der Waals surface area contributed by atoms with E-state index in [0.717, 1.165) is 42.7 Å². The average molecular weight is 273 g/mol. The number of carbonyl (C=O) groups is 1. The molecule has 1 aliphatic heterocycles. The van der Waals surface area contributed by atoms with E-state index in [1.54, 1.807) is 0 Å². The Hall–Kier alpha value is -2.08. The van der Waals surface area contributed by atoms with Gasteiger partial charge in [0.15, 0.2) is 0 Å². The first-order valence-corrected chi connectivity index (χ1v) is 6.91. The summed E-state index contributed by atoms with van der Waals surface area (Å²) in [5.41, 5.74) is 13.8. The summed E-state index contributed by atoms with van der Waals surface area (Å²) in [6.45, 7) is 1.50. The number of aromatic nitrogens is 2. The summed E-state index contributed by atoms with van der Waals surface area (Å²) in [5.74, 6) is 0.601. The van der Waals surface area contributed by atoms with Gasteiger partial charge in [-0.15, -0.1) is 0 Å². The Bertz CT molecular complexity index is 636. The Labute approximate surface area is 117 Å². The number of primary amides is 1. The zero-order valence-electron chi connectivity index (χ0n) is 11.3. The molecule has 0 aliphatic carbocycles. The zero-order valence-corrected chi connectivity index (χ0v) is 11.3. The molecule has 6 nitrogen and oxygen atoms in total. The number of nitrogens with one attached hydrogen (secondary N) is 1. The third-order valence-electron chi connectivity index (χ3n) is 3.85. The van der Waals surface area contributed by atoms with Gasteiger partial charge in [-0.1, -0.05) is 6.42 Å². The molecule has 1 aromatic carbocycles. The lowest BCUT2D eigenvalue weighted by atomic mass is 10.0. The average Bonchev–Trinajstić information content (AvgIpc) is 2.80. The minimum absolute atomic E-state index is 0.179. The number of likely N-dealkylation sites (tertiary alicyclic amines) is 1. The Morgan fingerprint density at radius 2 is 2.30 bits per heavy atom. The molecule has 2 aromatic rings. The van der Waals surface area contributed by atoms with E-state index in [4.69, 9.17) is 11.5 Å². The van der Waals surface area contributed by atoms with Gasteiger partial charge in [0, 0.05) is 5.69 Å². The fourth-order valence-electron chi connectivity index (χ4n) is 2.85. The number of rotatable bonds is 3. The van der Waals surface area contributed by atoms with E-state index in [0.29, 0.717) is 12.2 Å². The normalized spacial score (nSPS) is 20.3. The number of H-pyrrole nitrogens is 1. The van der Waals surface area contributed by atoms with Crippen molar-refractivity contribution in [2.45, 2.75) is 31.8 Å². The number of carbonyl (C=O) groups excluding carboxylic acids is 1. The number of nitrogen functional groups attached to an aromatic ring is 1. The first-order valence-electron chi connectivity index (χ1n) is 6.91. The molecule has 0 spiro atoms. The van der Waals surface area contributed by atoms with Gasteiger partial charge in [0.1, 0.15) is 5.82 Å². The maximum Gasteiger partial charge on any atom is 0.234 e. The molecule has 1 unspecified atom stereocenters. The van der Waals surface area contributed by atoms with Crippen molar-refractivity contribution >= 4 is 22.6 Å². The lowest BCUT2D eigenvalue weighted by Gasteiger charge is -2.32. The number of hydrogen-bond donors (Lipinski definition) is 3. The molecule has 0 saturated carbocycles. The Balaban J connectivity index is 1.82. The largest absolute Gasteiger partial charge is 0.399 e. The molecule has 2 heterocycles. The van der Waals surface area contributed by atoms with Gasteiger partial charge >= 0.3 is 0 Å². The quantitative estimate of drug-likeness (QED) is 0.726. The zero-order chi connectivity index (χ0) is 14.1. The Morgan fingerprint density at radius 1 is 1.45 bits per heavy atom. The van der Waals surface area contributed by atoms with Gasteiger partial charge < -0.3 is 16.5 Å². The molecule has 3 rings (SSSR count). The highest BCUT2D eigenvalue weighted by Crippen LogP contribution is 2.20. The number of hydrogen-bond acceptors (Lipinski definition) is 4. The summed E-state index contributed by atoms with van der Waals surface area (Å²) < 4.78 is 0. The maximum absolute atomic E-state index is 11.5. The van der Waals surface area contributed by atoms with Crippen molar-refractivity contribution in [1.82, 2.24) is 14.9 Å². The highest BCUT2D eigenvalue weighted by Gasteiger charge is 2.27.